The zero-order valence-corrected chi connectivity index (χ0v) is 15.0. The second-order valence-electron chi connectivity index (χ2n) is 4.67. The van der Waals surface area contributed by atoms with Crippen LogP contribution in [0.2, 0.25) is 0 Å². The molecule has 2 aromatic carbocycles. The highest BCUT2D eigenvalue weighted by atomic mass is 127. The van der Waals surface area contributed by atoms with Gasteiger partial charge >= 0.3 is 0 Å². The van der Waals surface area contributed by atoms with Crippen molar-refractivity contribution in [2.45, 2.75) is 5.16 Å². The maximum absolute atomic E-state index is 12.1. The number of nitrogens with zero attached hydrogens (tertiary/aromatic N) is 3. The molecule has 3 rings (SSSR count). The molecule has 0 atom stereocenters. The SMILES string of the molecule is O=C(CSc1nncn1-c1ccccc1)Nc1cccc(I)c1. The molecule has 0 spiro atoms. The van der Waals surface area contributed by atoms with Gasteiger partial charge in [-0.2, -0.15) is 0 Å². The monoisotopic (exact) mass is 436 g/mol. The lowest BCUT2D eigenvalue weighted by Crippen LogP contribution is -2.14. The third kappa shape index (κ3) is 4.32. The summed E-state index contributed by atoms with van der Waals surface area (Å²) in [5.41, 5.74) is 1.77. The molecule has 0 saturated carbocycles. The van der Waals surface area contributed by atoms with Crippen molar-refractivity contribution >= 4 is 45.9 Å². The maximum Gasteiger partial charge on any atom is 0.234 e. The number of anilines is 1. The van der Waals surface area contributed by atoms with E-state index in [9.17, 15) is 4.79 Å². The summed E-state index contributed by atoms with van der Waals surface area (Å²) in [6, 6.07) is 17.5. The summed E-state index contributed by atoms with van der Waals surface area (Å²) in [5.74, 6) is 0.205. The summed E-state index contributed by atoms with van der Waals surface area (Å²) in [4.78, 5) is 12.1. The van der Waals surface area contributed by atoms with E-state index in [2.05, 4.69) is 38.1 Å². The van der Waals surface area contributed by atoms with Crippen molar-refractivity contribution in [2.24, 2.45) is 0 Å². The molecule has 0 radical (unpaired) electrons. The van der Waals surface area contributed by atoms with Crippen LogP contribution in [0, 0.1) is 3.57 Å². The first kappa shape index (κ1) is 16.0. The second-order valence-corrected chi connectivity index (χ2v) is 6.85. The topological polar surface area (TPSA) is 59.8 Å². The van der Waals surface area contributed by atoms with Crippen molar-refractivity contribution in [3.63, 3.8) is 0 Å². The highest BCUT2D eigenvalue weighted by Gasteiger charge is 2.10. The Morgan fingerprint density at radius 2 is 2.00 bits per heavy atom. The minimum atomic E-state index is -0.0698. The predicted molar refractivity (Wildman–Crippen MR) is 99.9 cm³/mol. The average molecular weight is 436 g/mol. The highest BCUT2D eigenvalue weighted by molar-refractivity contribution is 14.1. The van der Waals surface area contributed by atoms with Gasteiger partial charge in [-0.1, -0.05) is 36.0 Å². The number of aromatic nitrogens is 3. The molecule has 0 unspecified atom stereocenters. The van der Waals surface area contributed by atoms with Gasteiger partial charge in [0.25, 0.3) is 0 Å². The van der Waals surface area contributed by atoms with Gasteiger partial charge in [0, 0.05) is 14.9 Å². The molecule has 1 heterocycles. The molecule has 0 fully saturated rings. The van der Waals surface area contributed by atoms with Gasteiger partial charge in [0.15, 0.2) is 5.16 Å². The molecule has 1 aromatic heterocycles. The Morgan fingerprint density at radius 3 is 2.78 bits per heavy atom. The zero-order valence-electron chi connectivity index (χ0n) is 12.0. The van der Waals surface area contributed by atoms with Gasteiger partial charge in [-0.05, 0) is 52.9 Å². The summed E-state index contributed by atoms with van der Waals surface area (Å²) >= 11 is 3.57. The summed E-state index contributed by atoms with van der Waals surface area (Å²) in [5, 5.41) is 11.6. The maximum atomic E-state index is 12.1. The molecule has 0 aliphatic carbocycles. The van der Waals surface area contributed by atoms with Gasteiger partial charge in [0.2, 0.25) is 5.91 Å². The Morgan fingerprint density at radius 1 is 1.17 bits per heavy atom. The van der Waals surface area contributed by atoms with Gasteiger partial charge in [-0.25, -0.2) is 0 Å². The first-order valence-electron chi connectivity index (χ1n) is 6.86. The highest BCUT2D eigenvalue weighted by Crippen LogP contribution is 2.20. The Hall–Kier alpha value is -1.87. The molecule has 0 bridgehead atoms. The summed E-state index contributed by atoms with van der Waals surface area (Å²) in [7, 11) is 0. The lowest BCUT2D eigenvalue weighted by Gasteiger charge is -2.07. The van der Waals surface area contributed by atoms with Gasteiger partial charge in [0.1, 0.15) is 6.33 Å². The van der Waals surface area contributed by atoms with Crippen molar-refractivity contribution < 1.29 is 4.79 Å². The van der Waals surface area contributed by atoms with Crippen LogP contribution >= 0.6 is 34.4 Å². The van der Waals surface area contributed by atoms with E-state index in [4.69, 9.17) is 0 Å². The number of carbonyl (C=O) groups excluding carboxylic acids is 1. The van der Waals surface area contributed by atoms with Crippen molar-refractivity contribution in [3.05, 3.63) is 64.5 Å². The lowest BCUT2D eigenvalue weighted by molar-refractivity contribution is -0.113. The third-order valence-corrected chi connectivity index (χ3v) is 4.61. The first-order valence-corrected chi connectivity index (χ1v) is 8.92. The Labute approximate surface area is 151 Å². The van der Waals surface area contributed by atoms with Crippen molar-refractivity contribution in [3.8, 4) is 5.69 Å². The van der Waals surface area contributed by atoms with E-state index in [1.807, 2.05) is 59.2 Å². The van der Waals surface area contributed by atoms with E-state index >= 15 is 0 Å². The zero-order chi connectivity index (χ0) is 16.1. The Kier molecular flexibility index (Phi) is 5.29. The first-order chi connectivity index (χ1) is 11.2. The largest absolute Gasteiger partial charge is 0.325 e. The number of hydrogen-bond donors (Lipinski definition) is 1. The van der Waals surface area contributed by atoms with Gasteiger partial charge < -0.3 is 5.32 Å². The van der Waals surface area contributed by atoms with Crippen LogP contribution in [0.3, 0.4) is 0 Å². The van der Waals surface area contributed by atoms with Crippen LogP contribution in [0.5, 0.6) is 0 Å². The van der Waals surface area contributed by atoms with Crippen LogP contribution in [-0.4, -0.2) is 26.4 Å². The third-order valence-electron chi connectivity index (χ3n) is 2.99. The van der Waals surface area contributed by atoms with E-state index in [0.717, 1.165) is 14.9 Å². The van der Waals surface area contributed by atoms with Crippen LogP contribution in [0.1, 0.15) is 0 Å². The molecule has 3 aromatic rings. The Balaban J connectivity index is 1.63. The number of para-hydroxylation sites is 1. The van der Waals surface area contributed by atoms with Gasteiger partial charge in [-0.15, -0.1) is 10.2 Å². The number of carbonyl (C=O) groups is 1. The summed E-state index contributed by atoms with van der Waals surface area (Å²) < 4.78 is 2.94. The molecular weight excluding hydrogens is 423 g/mol. The van der Waals surface area contributed by atoms with E-state index in [1.54, 1.807) is 6.33 Å². The molecular formula is C16H13IN4OS. The van der Waals surface area contributed by atoms with Crippen LogP contribution < -0.4 is 5.32 Å². The van der Waals surface area contributed by atoms with E-state index < -0.39 is 0 Å². The number of amides is 1. The van der Waals surface area contributed by atoms with Gasteiger partial charge in [0.05, 0.1) is 5.75 Å². The molecule has 116 valence electrons. The molecule has 1 N–H and O–H groups in total. The van der Waals surface area contributed by atoms with Crippen LogP contribution in [0.25, 0.3) is 5.69 Å². The summed E-state index contributed by atoms with van der Waals surface area (Å²) in [6.45, 7) is 0. The molecule has 0 aliphatic rings. The van der Waals surface area contributed by atoms with E-state index in [1.165, 1.54) is 11.8 Å². The quantitative estimate of drug-likeness (QED) is 0.491. The Bertz CT molecular complexity index is 807. The predicted octanol–water partition coefficient (Wildman–Crippen LogP) is 3.60. The van der Waals surface area contributed by atoms with E-state index in [-0.39, 0.29) is 11.7 Å². The number of thioether (sulfide) groups is 1. The number of benzene rings is 2. The fourth-order valence-electron chi connectivity index (χ4n) is 1.98. The van der Waals surface area contributed by atoms with Crippen LogP contribution in [0.15, 0.2) is 66.1 Å². The fraction of sp³-hybridized carbons (Fsp3) is 0.0625. The number of hydrogen-bond acceptors (Lipinski definition) is 4. The lowest BCUT2D eigenvalue weighted by atomic mass is 10.3. The number of nitrogens with one attached hydrogen (secondary N) is 1. The molecule has 23 heavy (non-hydrogen) atoms. The van der Waals surface area contributed by atoms with Gasteiger partial charge in [-0.3, -0.25) is 9.36 Å². The molecule has 1 amide bonds. The normalized spacial score (nSPS) is 10.5. The summed E-state index contributed by atoms with van der Waals surface area (Å²) in [6.07, 6.45) is 1.65. The minimum Gasteiger partial charge on any atom is -0.325 e. The van der Waals surface area contributed by atoms with Crippen LogP contribution in [0.4, 0.5) is 5.69 Å². The molecule has 0 saturated heterocycles. The molecule has 5 nitrogen and oxygen atoms in total. The fourth-order valence-corrected chi connectivity index (χ4v) is 3.25. The van der Waals surface area contributed by atoms with Crippen molar-refractivity contribution in [1.29, 1.82) is 0 Å². The van der Waals surface area contributed by atoms with E-state index in [0.29, 0.717) is 5.16 Å². The number of halogens is 1. The second kappa shape index (κ2) is 7.60. The standard InChI is InChI=1S/C16H13IN4OS/c17-12-5-4-6-13(9-12)19-15(22)10-23-16-20-18-11-21(16)14-7-2-1-3-8-14/h1-9,11H,10H2,(H,19,22). The van der Waals surface area contributed by atoms with Crippen molar-refractivity contribution in [1.82, 2.24) is 14.8 Å². The minimum absolute atomic E-state index is 0.0698. The smallest absolute Gasteiger partial charge is 0.234 e. The average Bonchev–Trinajstić information content (AvgIpc) is 3.02. The van der Waals surface area contributed by atoms with Crippen LogP contribution in [-0.2, 0) is 4.79 Å². The molecule has 0 aliphatic heterocycles. The number of rotatable bonds is 5. The molecule has 7 heteroatoms. The van der Waals surface area contributed by atoms with Crippen molar-refractivity contribution in [2.75, 3.05) is 11.1 Å².